The molecule has 2 aliphatic rings. The Bertz CT molecular complexity index is 2090. The van der Waals surface area contributed by atoms with E-state index in [4.69, 9.17) is 38.9 Å². The highest BCUT2D eigenvalue weighted by Crippen LogP contribution is 2.40. The molecule has 0 radical (unpaired) electrons. The van der Waals surface area contributed by atoms with Gasteiger partial charge in [-0.25, -0.2) is 14.4 Å². The highest BCUT2D eigenvalue weighted by Gasteiger charge is 2.60. The smallest absolute Gasteiger partial charge is 0.465 e. The molecule has 270 valence electrons. The van der Waals surface area contributed by atoms with E-state index in [-0.39, 0.29) is 18.8 Å². The number of tetrazole rings is 1. The average Bonchev–Trinajstić information content (AvgIpc) is 3.91. The molecule has 0 saturated carbocycles. The van der Waals surface area contributed by atoms with E-state index >= 15 is 0 Å². The third kappa shape index (κ3) is 6.70. The number of aromatic amines is 1. The number of para-hydroxylation sites is 1. The van der Waals surface area contributed by atoms with E-state index in [2.05, 4.69) is 25.6 Å². The Morgan fingerprint density at radius 2 is 1.81 bits per heavy atom. The van der Waals surface area contributed by atoms with Crippen molar-refractivity contribution in [3.8, 4) is 28.5 Å². The summed E-state index contributed by atoms with van der Waals surface area (Å²) in [6, 6.07) is 21.1. The van der Waals surface area contributed by atoms with Gasteiger partial charge in [-0.3, -0.25) is 4.57 Å². The van der Waals surface area contributed by atoms with Crippen LogP contribution in [0, 0.1) is 0 Å². The van der Waals surface area contributed by atoms with Crippen LogP contribution in [0.2, 0.25) is 0 Å². The van der Waals surface area contributed by atoms with Crippen LogP contribution in [0.4, 0.5) is 9.59 Å². The highest BCUT2D eigenvalue weighted by atomic mass is 16.8. The van der Waals surface area contributed by atoms with Crippen LogP contribution in [-0.4, -0.2) is 98.4 Å². The average molecular weight is 714 g/mol. The number of primary amides is 1. The zero-order valence-electron chi connectivity index (χ0n) is 28.4. The summed E-state index contributed by atoms with van der Waals surface area (Å²) in [5.74, 6) is -0.269. The van der Waals surface area contributed by atoms with Gasteiger partial charge in [-0.15, -0.1) is 10.2 Å². The fourth-order valence-corrected chi connectivity index (χ4v) is 6.51. The van der Waals surface area contributed by atoms with Crippen LogP contribution in [0.5, 0.6) is 6.01 Å². The number of carbonyl (C=O) groups excluding carboxylic acids is 3. The van der Waals surface area contributed by atoms with Crippen molar-refractivity contribution in [3.63, 3.8) is 0 Å². The molecule has 0 bridgehead atoms. The summed E-state index contributed by atoms with van der Waals surface area (Å²) in [5, 5.41) is 14.4. The van der Waals surface area contributed by atoms with Crippen LogP contribution < -0.4 is 10.5 Å². The monoisotopic (exact) mass is 713 g/mol. The van der Waals surface area contributed by atoms with Crippen LogP contribution in [0.25, 0.3) is 33.5 Å². The van der Waals surface area contributed by atoms with E-state index in [9.17, 15) is 14.4 Å². The topological polar surface area (TPSA) is 214 Å². The second kappa shape index (κ2) is 14.3. The molecule has 2 aliphatic heterocycles. The minimum atomic E-state index is -1.33. The van der Waals surface area contributed by atoms with Crippen molar-refractivity contribution >= 4 is 29.3 Å². The Balaban J connectivity index is 1.05. The number of carbonyl (C=O) groups is 3. The van der Waals surface area contributed by atoms with Gasteiger partial charge in [0.15, 0.2) is 12.2 Å². The number of benzene rings is 3. The molecule has 17 heteroatoms. The van der Waals surface area contributed by atoms with Gasteiger partial charge in [-0.1, -0.05) is 54.6 Å². The van der Waals surface area contributed by atoms with Gasteiger partial charge < -0.3 is 38.9 Å². The number of hydrogen-bond donors (Lipinski definition) is 2. The lowest BCUT2D eigenvalue weighted by molar-refractivity contribution is -0.0988. The van der Waals surface area contributed by atoms with Crippen molar-refractivity contribution in [1.29, 1.82) is 0 Å². The molecule has 7 rings (SSSR count). The number of imidazole rings is 1. The van der Waals surface area contributed by atoms with Gasteiger partial charge in [0.05, 0.1) is 43.0 Å². The predicted octanol–water partition coefficient (Wildman–Crippen LogP) is 4.01. The number of hydrogen-bond acceptors (Lipinski definition) is 14. The van der Waals surface area contributed by atoms with Crippen LogP contribution in [0.15, 0.2) is 66.7 Å². The Hall–Kier alpha value is -6.07. The second-order valence-corrected chi connectivity index (χ2v) is 12.2. The van der Waals surface area contributed by atoms with E-state index in [1.54, 1.807) is 29.7 Å². The van der Waals surface area contributed by atoms with Crippen molar-refractivity contribution < 1.29 is 47.5 Å². The summed E-state index contributed by atoms with van der Waals surface area (Å²) in [6.07, 6.45) is -5.78. The Morgan fingerprint density at radius 1 is 1.02 bits per heavy atom. The van der Waals surface area contributed by atoms with E-state index in [1.807, 2.05) is 55.5 Å². The maximum Gasteiger partial charge on any atom is 0.511 e. The number of nitrogens with one attached hydrogen (secondary N) is 1. The first-order valence-electron chi connectivity index (χ1n) is 16.5. The lowest BCUT2D eigenvalue weighted by Crippen LogP contribution is -2.47. The van der Waals surface area contributed by atoms with Crippen LogP contribution in [-0.2, 0) is 35.0 Å². The third-order valence-electron chi connectivity index (χ3n) is 8.91. The number of nitrogens with zero attached hydrogens (tertiary/aromatic N) is 5. The molecule has 0 spiro atoms. The number of amides is 1. The minimum absolute atomic E-state index is 0.0165. The molecule has 1 unspecified atom stereocenters. The van der Waals surface area contributed by atoms with Gasteiger partial charge in [-0.2, -0.15) is 10.2 Å². The first kappa shape index (κ1) is 34.4. The molecule has 5 atom stereocenters. The zero-order chi connectivity index (χ0) is 36.4. The van der Waals surface area contributed by atoms with Gasteiger partial charge in [0.25, 0.3) is 6.01 Å². The number of rotatable bonds is 11. The first-order valence-corrected chi connectivity index (χ1v) is 16.5. The number of nitrogens with two attached hydrogens (primary N) is 1. The third-order valence-corrected chi connectivity index (χ3v) is 8.91. The van der Waals surface area contributed by atoms with Crippen LogP contribution in [0.3, 0.4) is 0 Å². The summed E-state index contributed by atoms with van der Waals surface area (Å²) >= 11 is 0. The summed E-state index contributed by atoms with van der Waals surface area (Å²) in [6.45, 7) is 5.55. The SMILES string of the molecule is CCOc1nc2cccc(C(=O)OC(C)OC(=O)O[C@H]3CO[C@@]4(C)[C@@H]3OC[C@H]4OC(N)=O)c2n1Cc1ccc(-c2ccccc2-c2nn[nH]n2)cc1. The van der Waals surface area contributed by atoms with E-state index < -0.39 is 48.4 Å². The quantitative estimate of drug-likeness (QED) is 0.112. The van der Waals surface area contributed by atoms with Crippen molar-refractivity contribution in [2.45, 2.75) is 57.5 Å². The molecule has 5 aromatic rings. The Labute approximate surface area is 296 Å². The molecule has 0 aliphatic carbocycles. The van der Waals surface area contributed by atoms with Gasteiger partial charge in [0, 0.05) is 12.5 Å². The molecule has 2 fully saturated rings. The zero-order valence-corrected chi connectivity index (χ0v) is 28.4. The number of aromatic nitrogens is 6. The summed E-state index contributed by atoms with van der Waals surface area (Å²) < 4.78 is 40.5. The first-order chi connectivity index (χ1) is 25.1. The normalized spacial score (nSPS) is 21.3. The number of fused-ring (bicyclic) bond motifs is 2. The molecular weight excluding hydrogens is 678 g/mol. The van der Waals surface area contributed by atoms with Crippen molar-refractivity contribution in [1.82, 2.24) is 30.2 Å². The van der Waals surface area contributed by atoms with E-state index in [0.717, 1.165) is 22.3 Å². The van der Waals surface area contributed by atoms with Gasteiger partial charge >= 0.3 is 18.2 Å². The van der Waals surface area contributed by atoms with E-state index in [1.165, 1.54) is 6.92 Å². The maximum atomic E-state index is 13.6. The number of ether oxygens (including phenoxy) is 7. The Kier molecular flexibility index (Phi) is 9.44. The molecule has 3 N–H and O–H groups in total. The summed E-state index contributed by atoms with van der Waals surface area (Å²) in [4.78, 5) is 42.2. The number of esters is 1. The second-order valence-electron chi connectivity index (χ2n) is 12.2. The molecule has 2 saturated heterocycles. The largest absolute Gasteiger partial charge is 0.511 e. The standard InChI is InChI=1S/C35H35N7O10/c1-4-46-33-37-25-11-7-10-24(31(43)49-19(2)50-34(45)51-26-17-48-35(3)27(52-32(36)44)18-47-29(26)35)28(25)42(33)16-20-12-14-21(15-13-20)22-8-5-6-9-23(22)30-38-40-41-39-30/h5-15,19,26-27,29H,4,16-18H2,1-3H3,(H2,36,44)(H,38,39,40,41)/t19?,26-,27+,29+,35+/m0/s1. The molecule has 17 nitrogen and oxygen atoms in total. The van der Waals surface area contributed by atoms with E-state index in [0.29, 0.717) is 36.0 Å². The predicted molar refractivity (Wildman–Crippen MR) is 180 cm³/mol. The summed E-state index contributed by atoms with van der Waals surface area (Å²) in [5.41, 5.74) is 8.90. The lowest BCUT2D eigenvalue weighted by Gasteiger charge is -2.27. The fourth-order valence-electron chi connectivity index (χ4n) is 6.51. The Morgan fingerprint density at radius 3 is 2.54 bits per heavy atom. The fraction of sp³-hybridized carbons (Fsp3) is 0.343. The number of H-pyrrole nitrogens is 1. The van der Waals surface area contributed by atoms with Crippen LogP contribution in [0.1, 0.15) is 36.7 Å². The highest BCUT2D eigenvalue weighted by molar-refractivity contribution is 6.02. The molecule has 3 aromatic carbocycles. The van der Waals surface area contributed by atoms with Gasteiger partial charge in [0.1, 0.15) is 11.7 Å². The van der Waals surface area contributed by atoms with Gasteiger partial charge in [0.2, 0.25) is 12.1 Å². The lowest BCUT2D eigenvalue weighted by atomic mass is 9.94. The van der Waals surface area contributed by atoms with Crippen molar-refractivity contribution in [2.24, 2.45) is 5.73 Å². The molecule has 4 heterocycles. The van der Waals surface area contributed by atoms with Gasteiger partial charge in [-0.05, 0) is 47.9 Å². The van der Waals surface area contributed by atoms with Crippen molar-refractivity contribution in [3.05, 3.63) is 77.9 Å². The van der Waals surface area contributed by atoms with Crippen LogP contribution >= 0.6 is 0 Å². The minimum Gasteiger partial charge on any atom is -0.465 e. The molecule has 2 aromatic heterocycles. The van der Waals surface area contributed by atoms with Crippen molar-refractivity contribution in [2.75, 3.05) is 19.8 Å². The molecule has 52 heavy (non-hydrogen) atoms. The molecular formula is C35H35N7O10. The molecule has 1 amide bonds. The maximum absolute atomic E-state index is 13.6. The summed E-state index contributed by atoms with van der Waals surface area (Å²) in [7, 11) is 0.